The largest absolute Gasteiger partial charge is 0.493 e. The number of piperidine rings is 1. The number of ether oxygens (including phenoxy) is 1. The van der Waals surface area contributed by atoms with E-state index in [1.807, 2.05) is 19.1 Å². The van der Waals surface area contributed by atoms with Crippen molar-refractivity contribution in [3.8, 4) is 5.75 Å². The van der Waals surface area contributed by atoms with Crippen LogP contribution in [0.5, 0.6) is 5.75 Å². The van der Waals surface area contributed by atoms with E-state index in [4.69, 9.17) is 27.9 Å². The van der Waals surface area contributed by atoms with E-state index in [0.717, 1.165) is 74.2 Å². The van der Waals surface area contributed by atoms with Gasteiger partial charge in [0, 0.05) is 29.2 Å². The molecule has 1 atom stereocenters. The average Bonchev–Trinajstić information content (AvgIpc) is 3.79. The topological polar surface area (TPSA) is 75.7 Å². The van der Waals surface area contributed by atoms with Crippen molar-refractivity contribution < 1.29 is 22.9 Å². The van der Waals surface area contributed by atoms with Crippen LogP contribution in [0.3, 0.4) is 0 Å². The van der Waals surface area contributed by atoms with E-state index in [-0.39, 0.29) is 16.7 Å². The lowest BCUT2D eigenvalue weighted by Crippen LogP contribution is -2.34. The lowest BCUT2D eigenvalue weighted by Gasteiger charge is -2.29. The zero-order chi connectivity index (χ0) is 26.5. The number of carbonyl (C=O) groups excluding carboxylic acids is 2. The summed E-state index contributed by atoms with van der Waals surface area (Å²) in [5.74, 6) is -0.168. The minimum atomic E-state index is -1.44. The van der Waals surface area contributed by atoms with Gasteiger partial charge in [-0.3, -0.25) is 14.3 Å². The van der Waals surface area contributed by atoms with Crippen molar-refractivity contribution in [1.29, 1.82) is 0 Å². The summed E-state index contributed by atoms with van der Waals surface area (Å²) >= 11 is 11.4. The van der Waals surface area contributed by atoms with E-state index in [1.165, 1.54) is 6.07 Å². The Labute approximate surface area is 229 Å². The molecular formula is C27H31Cl2FN2O4S. The molecule has 3 fully saturated rings. The number of amides is 2. The summed E-state index contributed by atoms with van der Waals surface area (Å²) in [4.78, 5) is 24.9. The van der Waals surface area contributed by atoms with Gasteiger partial charge in [0.2, 0.25) is 6.41 Å². The molecule has 10 heteroatoms. The summed E-state index contributed by atoms with van der Waals surface area (Å²) in [5.41, 5.74) is 1.85. The monoisotopic (exact) mass is 568 g/mol. The number of hydrogen-bond acceptors (Lipinski definition) is 4. The number of nitrogens with one attached hydrogen (secondary N) is 1. The number of benzene rings is 2. The first-order chi connectivity index (χ1) is 17.7. The summed E-state index contributed by atoms with van der Waals surface area (Å²) in [6.07, 6.45) is 6.27. The van der Waals surface area contributed by atoms with Gasteiger partial charge in [-0.25, -0.2) is 8.60 Å². The fourth-order valence-electron chi connectivity index (χ4n) is 4.10. The van der Waals surface area contributed by atoms with Crippen LogP contribution in [0.2, 0.25) is 10.0 Å². The first-order valence-electron chi connectivity index (χ1n) is 12.5. The van der Waals surface area contributed by atoms with Crippen LogP contribution in [-0.4, -0.2) is 46.4 Å². The number of rotatable bonds is 8. The van der Waals surface area contributed by atoms with Gasteiger partial charge in [-0.2, -0.15) is 0 Å². The van der Waals surface area contributed by atoms with Crippen molar-refractivity contribution in [3.05, 3.63) is 62.9 Å². The maximum absolute atomic E-state index is 14.6. The molecule has 2 amide bonds. The highest BCUT2D eigenvalue weighted by molar-refractivity contribution is 7.84. The van der Waals surface area contributed by atoms with Crippen LogP contribution in [0.25, 0.3) is 0 Å². The van der Waals surface area contributed by atoms with Gasteiger partial charge in [0.15, 0.2) is 0 Å². The zero-order valence-corrected chi connectivity index (χ0v) is 23.0. The van der Waals surface area contributed by atoms with Gasteiger partial charge in [0.25, 0.3) is 5.91 Å². The van der Waals surface area contributed by atoms with Crippen molar-refractivity contribution in [2.24, 2.45) is 5.92 Å². The molecular weight excluding hydrogens is 538 g/mol. The highest BCUT2D eigenvalue weighted by Gasteiger charge is 2.32. The fourth-order valence-corrected chi connectivity index (χ4v) is 5.53. The van der Waals surface area contributed by atoms with Crippen LogP contribution in [0.1, 0.15) is 65.9 Å². The van der Waals surface area contributed by atoms with Crippen molar-refractivity contribution in [1.82, 2.24) is 9.62 Å². The minimum Gasteiger partial charge on any atom is -0.493 e. The average molecular weight is 570 g/mol. The Morgan fingerprint density at radius 2 is 1.84 bits per heavy atom. The molecule has 37 heavy (non-hydrogen) atoms. The quantitative estimate of drug-likeness (QED) is 0.408. The second-order valence-corrected chi connectivity index (χ2v) is 12.2. The molecule has 200 valence electrons. The van der Waals surface area contributed by atoms with Gasteiger partial charge in [-0.15, -0.1) is 0 Å². The molecule has 2 saturated carbocycles. The Morgan fingerprint density at radius 1 is 1.14 bits per heavy atom. The maximum atomic E-state index is 14.6. The number of carbonyl (C=O) groups is 2. The van der Waals surface area contributed by atoms with E-state index in [0.29, 0.717) is 23.3 Å². The van der Waals surface area contributed by atoms with Crippen molar-refractivity contribution in [2.45, 2.75) is 56.6 Å². The molecule has 0 aromatic heterocycles. The van der Waals surface area contributed by atoms with Gasteiger partial charge < -0.3 is 9.64 Å². The Kier molecular flexibility index (Phi) is 9.48. The maximum Gasteiger partial charge on any atom is 0.265 e. The molecule has 1 heterocycles. The fraction of sp³-hybridized carbons (Fsp3) is 0.481. The van der Waals surface area contributed by atoms with Crippen LogP contribution in [0.4, 0.5) is 4.39 Å². The third kappa shape index (κ3) is 7.91. The highest BCUT2D eigenvalue weighted by Crippen LogP contribution is 2.45. The lowest BCUT2D eigenvalue weighted by molar-refractivity contribution is -0.119. The SMILES string of the molecule is Cc1ccc(Cl)cc1Cl.O=CN1CCC(COc2cc(F)c(C(=O)NS(=O)C3CC3)cc2C2CC2)CC1. The number of aryl methyl sites for hydroxylation is 1. The molecule has 1 N–H and O–H groups in total. The Hall–Kier alpha value is -2.16. The summed E-state index contributed by atoms with van der Waals surface area (Å²) in [7, 11) is -1.44. The molecule has 3 aliphatic rings. The minimum absolute atomic E-state index is 0.00292. The molecule has 0 radical (unpaired) electrons. The van der Waals surface area contributed by atoms with Crippen molar-refractivity contribution >= 4 is 46.5 Å². The first kappa shape index (κ1) is 27.9. The van der Waals surface area contributed by atoms with Gasteiger partial charge >= 0.3 is 0 Å². The third-order valence-electron chi connectivity index (χ3n) is 6.79. The molecule has 1 saturated heterocycles. The van der Waals surface area contributed by atoms with Gasteiger partial charge in [-0.05, 0) is 86.6 Å². The molecule has 1 unspecified atom stereocenters. The summed E-state index contributed by atoms with van der Waals surface area (Å²) < 4.78 is 34.9. The Balaban J connectivity index is 0.000000301. The van der Waals surface area contributed by atoms with Crippen LogP contribution >= 0.6 is 23.2 Å². The van der Waals surface area contributed by atoms with E-state index in [9.17, 15) is 18.2 Å². The predicted octanol–water partition coefficient (Wildman–Crippen LogP) is 5.81. The number of likely N-dealkylation sites (tertiary alicyclic amines) is 1. The molecule has 6 nitrogen and oxygen atoms in total. The van der Waals surface area contributed by atoms with Crippen LogP contribution in [-0.2, 0) is 15.8 Å². The lowest BCUT2D eigenvalue weighted by atomic mass is 9.98. The molecule has 2 aliphatic carbocycles. The normalized spacial score (nSPS) is 18.4. The van der Waals surface area contributed by atoms with Crippen LogP contribution in [0, 0.1) is 18.7 Å². The summed E-state index contributed by atoms with van der Waals surface area (Å²) in [6, 6.07) is 8.31. The van der Waals surface area contributed by atoms with Gasteiger partial charge in [0.1, 0.15) is 22.6 Å². The van der Waals surface area contributed by atoms with Crippen LogP contribution < -0.4 is 9.46 Å². The number of halogens is 3. The van der Waals surface area contributed by atoms with E-state index in [2.05, 4.69) is 4.72 Å². The first-order valence-corrected chi connectivity index (χ1v) is 14.5. The predicted molar refractivity (Wildman–Crippen MR) is 144 cm³/mol. The van der Waals surface area contributed by atoms with Crippen molar-refractivity contribution in [2.75, 3.05) is 19.7 Å². The Morgan fingerprint density at radius 3 is 2.41 bits per heavy atom. The number of hydrogen-bond donors (Lipinski definition) is 1. The third-order valence-corrected chi connectivity index (χ3v) is 8.89. The van der Waals surface area contributed by atoms with Crippen molar-refractivity contribution in [3.63, 3.8) is 0 Å². The summed E-state index contributed by atoms with van der Waals surface area (Å²) in [6.45, 7) is 3.86. The molecule has 0 spiro atoms. The second kappa shape index (κ2) is 12.6. The zero-order valence-electron chi connectivity index (χ0n) is 20.7. The second-order valence-electron chi connectivity index (χ2n) is 9.86. The van der Waals surface area contributed by atoms with E-state index in [1.54, 1.807) is 17.0 Å². The van der Waals surface area contributed by atoms with Gasteiger partial charge in [-0.1, -0.05) is 29.3 Å². The number of nitrogens with zero attached hydrogens (tertiary/aromatic N) is 1. The smallest absolute Gasteiger partial charge is 0.265 e. The van der Waals surface area contributed by atoms with E-state index >= 15 is 0 Å². The molecule has 2 aromatic rings. The molecule has 0 bridgehead atoms. The standard InChI is InChI=1S/C20H25FN2O4S.C7H6Cl2/c21-18-10-19(27-11-13-5-7-23(12-24)8-6-13)16(14-1-2-14)9-17(18)20(25)22-28(26)15-3-4-15;1-5-2-3-6(8)4-7(5)9/h9-10,12-15H,1-8,11H2,(H,22,25);2-4H,1H3. The molecule has 2 aromatic carbocycles. The molecule has 1 aliphatic heterocycles. The van der Waals surface area contributed by atoms with Gasteiger partial charge in [0.05, 0.1) is 17.4 Å². The Bertz CT molecular complexity index is 1170. The van der Waals surface area contributed by atoms with E-state index < -0.39 is 22.7 Å². The summed E-state index contributed by atoms with van der Waals surface area (Å²) in [5, 5.41) is 1.41. The highest BCUT2D eigenvalue weighted by atomic mass is 35.5. The van der Waals surface area contributed by atoms with Crippen LogP contribution in [0.15, 0.2) is 30.3 Å². The molecule has 5 rings (SSSR count).